The molecule has 0 spiro atoms. The van der Waals surface area contributed by atoms with Gasteiger partial charge in [0.2, 0.25) is 5.91 Å². The number of hydrogen-bond acceptors (Lipinski definition) is 10. The van der Waals surface area contributed by atoms with Crippen LogP contribution in [0.4, 0.5) is 0 Å². The van der Waals surface area contributed by atoms with E-state index in [0.29, 0.717) is 12.8 Å². The molecular formula is C72H127NO10. The van der Waals surface area contributed by atoms with Gasteiger partial charge in [-0.25, -0.2) is 0 Å². The molecule has 8 unspecified atom stereocenters. The van der Waals surface area contributed by atoms with E-state index in [4.69, 9.17) is 14.2 Å². The van der Waals surface area contributed by atoms with Crippen LogP contribution in [0.1, 0.15) is 297 Å². The van der Waals surface area contributed by atoms with E-state index in [1.165, 1.54) is 141 Å². The molecule has 1 aliphatic heterocycles. The van der Waals surface area contributed by atoms with Crippen molar-refractivity contribution in [3.8, 4) is 0 Å². The maximum absolute atomic E-state index is 13.4. The van der Waals surface area contributed by atoms with Gasteiger partial charge in [-0.1, -0.05) is 279 Å². The van der Waals surface area contributed by atoms with Gasteiger partial charge in [-0.2, -0.15) is 0 Å². The van der Waals surface area contributed by atoms with Gasteiger partial charge in [0, 0.05) is 6.42 Å². The highest BCUT2D eigenvalue weighted by atomic mass is 16.7. The Labute approximate surface area is 508 Å². The lowest BCUT2D eigenvalue weighted by Crippen LogP contribution is -2.61. The second-order valence-corrected chi connectivity index (χ2v) is 23.5. The molecule has 0 saturated carbocycles. The summed E-state index contributed by atoms with van der Waals surface area (Å²) in [6.07, 6.45) is 67.7. The lowest BCUT2D eigenvalue weighted by atomic mass is 9.99. The van der Waals surface area contributed by atoms with Crippen LogP contribution in [0.5, 0.6) is 0 Å². The summed E-state index contributed by atoms with van der Waals surface area (Å²) < 4.78 is 17.7. The van der Waals surface area contributed by atoms with Crippen LogP contribution in [0.25, 0.3) is 0 Å². The fourth-order valence-electron chi connectivity index (χ4n) is 10.4. The number of amides is 1. The van der Waals surface area contributed by atoms with Gasteiger partial charge in [-0.3, -0.25) is 9.59 Å². The smallest absolute Gasteiger partial charge is 0.306 e. The van der Waals surface area contributed by atoms with E-state index in [1.54, 1.807) is 6.08 Å². The number of carbonyl (C=O) groups is 2. The van der Waals surface area contributed by atoms with Gasteiger partial charge >= 0.3 is 5.97 Å². The van der Waals surface area contributed by atoms with E-state index in [9.17, 15) is 35.1 Å². The van der Waals surface area contributed by atoms with Gasteiger partial charge in [-0.05, 0) is 96.3 Å². The molecule has 1 heterocycles. The monoisotopic (exact) mass is 1170 g/mol. The largest absolute Gasteiger partial charge is 0.454 e. The second-order valence-electron chi connectivity index (χ2n) is 23.5. The van der Waals surface area contributed by atoms with E-state index < -0.39 is 67.4 Å². The average molecular weight is 1170 g/mol. The Kier molecular flexibility index (Phi) is 55.5. The van der Waals surface area contributed by atoms with Crippen molar-refractivity contribution < 1.29 is 49.3 Å². The fourth-order valence-corrected chi connectivity index (χ4v) is 10.4. The minimum Gasteiger partial charge on any atom is -0.454 e. The van der Waals surface area contributed by atoms with Crippen LogP contribution in [0, 0.1) is 0 Å². The molecule has 83 heavy (non-hydrogen) atoms. The van der Waals surface area contributed by atoms with Crippen molar-refractivity contribution in [3.63, 3.8) is 0 Å². The van der Waals surface area contributed by atoms with Gasteiger partial charge in [0.25, 0.3) is 0 Å². The molecule has 0 radical (unpaired) electrons. The molecule has 1 rings (SSSR count). The van der Waals surface area contributed by atoms with Gasteiger partial charge < -0.3 is 45.1 Å². The second kappa shape index (κ2) is 59.2. The van der Waals surface area contributed by atoms with Crippen molar-refractivity contribution in [1.82, 2.24) is 5.32 Å². The van der Waals surface area contributed by atoms with Crippen molar-refractivity contribution in [2.75, 3.05) is 13.2 Å². The number of nitrogens with one attached hydrogen (secondary N) is 1. The molecule has 0 aromatic heterocycles. The molecule has 6 N–H and O–H groups in total. The first-order valence-electron chi connectivity index (χ1n) is 34.4. The summed E-state index contributed by atoms with van der Waals surface area (Å²) in [5, 5.41) is 57.1. The maximum Gasteiger partial charge on any atom is 0.306 e. The summed E-state index contributed by atoms with van der Waals surface area (Å²) in [6.45, 7) is 5.68. The number of ether oxygens (including phenoxy) is 3. The van der Waals surface area contributed by atoms with E-state index in [-0.39, 0.29) is 19.4 Å². The topological polar surface area (TPSA) is 175 Å². The molecule has 11 heteroatoms. The molecule has 0 aromatic carbocycles. The molecule has 0 aromatic rings. The molecule has 0 bridgehead atoms. The number of hydrogen-bond donors (Lipinski definition) is 6. The Morgan fingerprint density at radius 1 is 0.482 bits per heavy atom. The number of allylic oxidation sites excluding steroid dienone is 13. The predicted octanol–water partition coefficient (Wildman–Crippen LogP) is 17.3. The molecule has 1 saturated heterocycles. The third kappa shape index (κ3) is 46.7. The normalized spacial score (nSPS) is 19.1. The molecular weight excluding hydrogens is 1040 g/mol. The summed E-state index contributed by atoms with van der Waals surface area (Å²) in [5.41, 5.74) is 0. The highest BCUT2D eigenvalue weighted by Crippen LogP contribution is 2.26. The molecule has 0 aliphatic carbocycles. The summed E-state index contributed by atoms with van der Waals surface area (Å²) in [7, 11) is 0. The molecule has 1 aliphatic rings. The Hall–Kier alpha value is -3.16. The summed E-state index contributed by atoms with van der Waals surface area (Å²) in [6, 6.07) is -1.03. The van der Waals surface area contributed by atoms with Crippen LogP contribution in [0.15, 0.2) is 85.1 Å². The first-order chi connectivity index (χ1) is 40.7. The van der Waals surface area contributed by atoms with E-state index in [1.807, 2.05) is 6.08 Å². The standard InChI is InChI=1S/C72H127NO10/c1-4-7-10-13-16-19-22-24-26-28-29-30-31-32-33-34-35-36-37-38-40-42-45-48-51-54-57-60-67(77)83-70-69(79)68(78)66(61-74)82-72(70)81-62-63(64(75)58-55-52-49-46-43-21-18-15-12-9-6-3)73-71(80)65(76)59-56-53-50-47-44-41-39-27-25-23-20-17-14-11-8-5-2/h7,10,16,19,24-27,29-30,32-33,55,58,63-66,68-70,72,74-76,78-79H,4-6,8-9,11-15,17-18,20-23,28,31,34-54,56-57,59-62H2,1-3H3,(H,73,80)/b10-7-,19-16-,26-24-,27-25+,30-29-,33-32-,58-55+. The number of carbonyl (C=O) groups excluding carboxylic acids is 2. The van der Waals surface area contributed by atoms with Crippen LogP contribution >= 0.6 is 0 Å². The SMILES string of the molecule is CC/C=C\C/C=C\C/C=C\C/C=C\C/C=C\CCCCCCCCCCCCCC(=O)OC1C(OCC(NC(=O)C(O)CCCCCCCC/C=C/CCCCCCCC)C(O)/C=C/CCCCCCCCCCC)OC(CO)C(O)C1O. The van der Waals surface area contributed by atoms with Gasteiger partial charge in [0.1, 0.15) is 24.4 Å². The molecule has 480 valence electrons. The molecule has 1 amide bonds. The van der Waals surface area contributed by atoms with Crippen LogP contribution in [0.3, 0.4) is 0 Å². The molecule has 8 atom stereocenters. The number of aliphatic hydroxyl groups is 5. The summed E-state index contributed by atoms with van der Waals surface area (Å²) in [4.78, 5) is 26.6. The van der Waals surface area contributed by atoms with Crippen LogP contribution in [-0.4, -0.2) is 99.6 Å². The minimum absolute atomic E-state index is 0.116. The lowest BCUT2D eigenvalue weighted by Gasteiger charge is -2.41. The zero-order valence-electron chi connectivity index (χ0n) is 53.3. The van der Waals surface area contributed by atoms with Gasteiger partial charge in [0.15, 0.2) is 12.4 Å². The Balaban J connectivity index is 2.55. The Bertz CT molecular complexity index is 1670. The lowest BCUT2D eigenvalue weighted by molar-refractivity contribution is -0.305. The zero-order chi connectivity index (χ0) is 60.3. The molecule has 1 fully saturated rings. The maximum atomic E-state index is 13.4. The van der Waals surface area contributed by atoms with Crippen LogP contribution in [0.2, 0.25) is 0 Å². The Morgan fingerprint density at radius 2 is 0.867 bits per heavy atom. The zero-order valence-corrected chi connectivity index (χ0v) is 53.3. The quantitative estimate of drug-likeness (QED) is 0.0195. The number of rotatable bonds is 58. The van der Waals surface area contributed by atoms with E-state index in [0.717, 1.165) is 109 Å². The number of esters is 1. The van der Waals surface area contributed by atoms with Crippen molar-refractivity contribution in [1.29, 1.82) is 0 Å². The first-order valence-corrected chi connectivity index (χ1v) is 34.4. The fraction of sp³-hybridized carbons (Fsp3) is 0.778. The van der Waals surface area contributed by atoms with Crippen LogP contribution < -0.4 is 5.32 Å². The number of aliphatic hydroxyl groups excluding tert-OH is 5. The Morgan fingerprint density at radius 3 is 1.31 bits per heavy atom. The van der Waals surface area contributed by atoms with Crippen molar-refractivity contribution in [2.45, 2.75) is 346 Å². The average Bonchev–Trinajstić information content (AvgIpc) is 3.68. The highest BCUT2D eigenvalue weighted by molar-refractivity contribution is 5.80. The minimum atomic E-state index is -1.62. The van der Waals surface area contributed by atoms with E-state index in [2.05, 4.69) is 99.0 Å². The van der Waals surface area contributed by atoms with Crippen molar-refractivity contribution >= 4 is 11.9 Å². The van der Waals surface area contributed by atoms with Gasteiger partial charge in [0.05, 0.1) is 25.4 Å². The molecule has 11 nitrogen and oxygen atoms in total. The van der Waals surface area contributed by atoms with Crippen molar-refractivity contribution in [3.05, 3.63) is 85.1 Å². The predicted molar refractivity (Wildman–Crippen MR) is 347 cm³/mol. The summed E-state index contributed by atoms with van der Waals surface area (Å²) >= 11 is 0. The summed E-state index contributed by atoms with van der Waals surface area (Å²) in [5.74, 6) is -1.20. The van der Waals surface area contributed by atoms with Gasteiger partial charge in [-0.15, -0.1) is 0 Å². The van der Waals surface area contributed by atoms with Crippen molar-refractivity contribution in [2.24, 2.45) is 0 Å². The third-order valence-corrected chi connectivity index (χ3v) is 15.8. The third-order valence-electron chi connectivity index (χ3n) is 15.8. The highest BCUT2D eigenvalue weighted by Gasteiger charge is 2.47. The van der Waals surface area contributed by atoms with E-state index >= 15 is 0 Å². The number of unbranched alkanes of at least 4 members (excludes halogenated alkanes) is 32. The van der Waals surface area contributed by atoms with Crippen LogP contribution in [-0.2, 0) is 23.8 Å². The first kappa shape index (κ1) is 77.9.